The summed E-state index contributed by atoms with van der Waals surface area (Å²) in [4.78, 5) is 20.3. The lowest BCUT2D eigenvalue weighted by atomic mass is 10.1. The van der Waals surface area contributed by atoms with Crippen LogP contribution in [0.25, 0.3) is 17.0 Å². The fraction of sp³-hybridized carbons (Fsp3) is 0.0833. The van der Waals surface area contributed by atoms with Crippen LogP contribution in [0.2, 0.25) is 0 Å². The van der Waals surface area contributed by atoms with Gasteiger partial charge in [0.1, 0.15) is 0 Å². The molecule has 0 unspecified atom stereocenters. The van der Waals surface area contributed by atoms with Crippen LogP contribution < -0.4 is 10.3 Å². The fourth-order valence-electron chi connectivity index (χ4n) is 1.71. The van der Waals surface area contributed by atoms with Crippen molar-refractivity contribution in [2.75, 3.05) is 7.11 Å². The van der Waals surface area contributed by atoms with E-state index in [-0.39, 0.29) is 11.6 Å². The van der Waals surface area contributed by atoms with Crippen LogP contribution in [0, 0.1) is 0 Å². The maximum absolute atomic E-state index is 11.9. The monoisotopic (exact) mass is 242 g/mol. The molecular formula is C12H10N4O2. The lowest BCUT2D eigenvalue weighted by Gasteiger charge is -1.99. The average Bonchev–Trinajstić information content (AvgIpc) is 2.83. The van der Waals surface area contributed by atoms with Crippen molar-refractivity contribution in [3.05, 3.63) is 46.8 Å². The molecule has 2 aromatic heterocycles. The summed E-state index contributed by atoms with van der Waals surface area (Å²) in [5.74, 6) is 0.290. The number of hydrogen-bond acceptors (Lipinski definition) is 4. The number of hydrogen-bond donors (Lipinski definition) is 1. The second-order valence-electron chi connectivity index (χ2n) is 3.71. The first-order chi connectivity index (χ1) is 8.78. The van der Waals surface area contributed by atoms with Crippen LogP contribution in [0.4, 0.5) is 0 Å². The smallest absolute Gasteiger partial charge is 0.312 e. The van der Waals surface area contributed by atoms with Crippen molar-refractivity contribution in [3.63, 3.8) is 0 Å². The molecule has 90 valence electrons. The lowest BCUT2D eigenvalue weighted by Crippen LogP contribution is -2.14. The van der Waals surface area contributed by atoms with Crippen molar-refractivity contribution in [2.45, 2.75) is 0 Å². The molecule has 0 radical (unpaired) electrons. The van der Waals surface area contributed by atoms with Crippen LogP contribution in [-0.2, 0) is 0 Å². The van der Waals surface area contributed by atoms with Gasteiger partial charge in [0.2, 0.25) is 0 Å². The summed E-state index contributed by atoms with van der Waals surface area (Å²) in [5, 5.41) is 2.70. The van der Waals surface area contributed by atoms with E-state index < -0.39 is 0 Å². The Labute approximate surface area is 102 Å². The quantitative estimate of drug-likeness (QED) is 0.730. The Hall–Kier alpha value is -2.63. The molecule has 0 bridgehead atoms. The Morgan fingerprint density at radius 3 is 2.72 bits per heavy atom. The Bertz CT molecular complexity index is 746. The summed E-state index contributed by atoms with van der Waals surface area (Å²) < 4.78 is 6.17. The average molecular weight is 242 g/mol. The van der Waals surface area contributed by atoms with Crippen molar-refractivity contribution in [1.82, 2.24) is 19.6 Å². The number of nitrogens with one attached hydrogen (secondary N) is 1. The molecule has 0 amide bonds. The van der Waals surface area contributed by atoms with Crippen LogP contribution in [0.5, 0.6) is 6.01 Å². The topological polar surface area (TPSA) is 72.3 Å². The molecule has 1 aromatic carbocycles. The zero-order valence-electron chi connectivity index (χ0n) is 9.62. The van der Waals surface area contributed by atoms with Gasteiger partial charge in [-0.05, 0) is 0 Å². The zero-order chi connectivity index (χ0) is 12.5. The second-order valence-corrected chi connectivity index (χ2v) is 3.71. The van der Waals surface area contributed by atoms with Crippen molar-refractivity contribution in [3.8, 4) is 17.3 Å². The van der Waals surface area contributed by atoms with Crippen LogP contribution >= 0.6 is 0 Å². The Kier molecular flexibility index (Phi) is 2.33. The minimum absolute atomic E-state index is 0.227. The molecule has 1 N–H and O–H groups in total. The largest absolute Gasteiger partial charge is 0.467 e. The first-order valence-electron chi connectivity index (χ1n) is 5.37. The van der Waals surface area contributed by atoms with Crippen molar-refractivity contribution in [2.24, 2.45) is 0 Å². The number of aromatic amines is 1. The second kappa shape index (κ2) is 3.99. The standard InChI is InChI=1S/C12H10N4O2/c1-18-12-14-11-13-9(7-10(17)16(11)15-12)8-5-3-2-4-6-8/h2-7H,1H3,(H,13,14,15). The molecule has 6 nitrogen and oxygen atoms in total. The number of H-pyrrole nitrogens is 1. The highest BCUT2D eigenvalue weighted by atomic mass is 16.5. The van der Waals surface area contributed by atoms with Gasteiger partial charge in [-0.3, -0.25) is 4.79 Å². The maximum atomic E-state index is 11.9. The minimum atomic E-state index is -0.227. The molecule has 0 aliphatic carbocycles. The van der Waals surface area contributed by atoms with E-state index in [1.54, 1.807) is 0 Å². The van der Waals surface area contributed by atoms with Crippen LogP contribution in [-0.4, -0.2) is 26.7 Å². The third kappa shape index (κ3) is 1.64. The maximum Gasteiger partial charge on any atom is 0.312 e. The Morgan fingerprint density at radius 2 is 2.00 bits per heavy atom. The van der Waals surface area contributed by atoms with Crippen LogP contribution in [0.15, 0.2) is 41.2 Å². The van der Waals surface area contributed by atoms with E-state index in [1.165, 1.54) is 17.7 Å². The predicted molar refractivity (Wildman–Crippen MR) is 65.6 cm³/mol. The van der Waals surface area contributed by atoms with Crippen molar-refractivity contribution >= 4 is 5.78 Å². The van der Waals surface area contributed by atoms with E-state index in [0.717, 1.165) is 5.56 Å². The number of methoxy groups -OCH3 is 1. The van der Waals surface area contributed by atoms with E-state index in [4.69, 9.17) is 4.74 Å². The van der Waals surface area contributed by atoms with E-state index >= 15 is 0 Å². The number of aromatic nitrogens is 4. The third-order valence-electron chi connectivity index (χ3n) is 2.57. The van der Waals surface area contributed by atoms with E-state index in [0.29, 0.717) is 11.5 Å². The van der Waals surface area contributed by atoms with Crippen molar-refractivity contribution < 1.29 is 4.74 Å². The lowest BCUT2D eigenvalue weighted by molar-refractivity contribution is 0.380. The number of ether oxygens (including phenoxy) is 1. The molecule has 6 heteroatoms. The normalized spacial score (nSPS) is 10.7. The molecule has 0 aliphatic rings. The van der Waals surface area contributed by atoms with Crippen LogP contribution in [0.1, 0.15) is 0 Å². The van der Waals surface area contributed by atoms with Crippen LogP contribution in [0.3, 0.4) is 0 Å². The summed E-state index contributed by atoms with van der Waals surface area (Å²) in [6.45, 7) is 0. The number of rotatable bonds is 2. The van der Waals surface area contributed by atoms with Gasteiger partial charge in [0.25, 0.3) is 11.3 Å². The first kappa shape index (κ1) is 10.5. The Morgan fingerprint density at radius 1 is 1.22 bits per heavy atom. The predicted octanol–water partition coefficient (Wildman–Crippen LogP) is 1.09. The van der Waals surface area contributed by atoms with Gasteiger partial charge < -0.3 is 4.74 Å². The summed E-state index contributed by atoms with van der Waals surface area (Å²) in [5.41, 5.74) is 1.24. The number of benzene rings is 1. The van der Waals surface area contributed by atoms with Gasteiger partial charge in [-0.2, -0.15) is 9.50 Å². The third-order valence-corrected chi connectivity index (χ3v) is 2.57. The van der Waals surface area contributed by atoms with Gasteiger partial charge in [0, 0.05) is 11.6 Å². The molecule has 3 rings (SSSR count). The number of fused-ring (bicyclic) bond motifs is 1. The number of nitrogens with zero attached hydrogens (tertiary/aromatic N) is 3. The molecule has 18 heavy (non-hydrogen) atoms. The highest BCUT2D eigenvalue weighted by molar-refractivity contribution is 5.60. The molecule has 0 saturated heterocycles. The summed E-state index contributed by atoms with van der Waals surface area (Å²) in [6.07, 6.45) is 0. The summed E-state index contributed by atoms with van der Waals surface area (Å²) in [6, 6.07) is 11.2. The molecular weight excluding hydrogens is 232 g/mol. The highest BCUT2D eigenvalue weighted by Crippen LogP contribution is 2.15. The molecule has 0 atom stereocenters. The minimum Gasteiger partial charge on any atom is -0.467 e. The highest BCUT2D eigenvalue weighted by Gasteiger charge is 2.08. The van der Waals surface area contributed by atoms with Gasteiger partial charge in [-0.1, -0.05) is 30.3 Å². The first-order valence-corrected chi connectivity index (χ1v) is 5.37. The summed E-state index contributed by atoms with van der Waals surface area (Å²) in [7, 11) is 1.47. The van der Waals surface area contributed by atoms with Gasteiger partial charge >= 0.3 is 6.01 Å². The molecule has 0 spiro atoms. The molecule has 3 aromatic rings. The molecule has 0 aliphatic heterocycles. The zero-order valence-corrected chi connectivity index (χ0v) is 9.62. The molecule has 0 saturated carbocycles. The van der Waals surface area contributed by atoms with E-state index in [2.05, 4.69) is 15.1 Å². The molecule has 0 fully saturated rings. The van der Waals surface area contributed by atoms with Gasteiger partial charge in [0.15, 0.2) is 0 Å². The molecule has 2 heterocycles. The van der Waals surface area contributed by atoms with Gasteiger partial charge in [-0.25, -0.2) is 10.1 Å². The van der Waals surface area contributed by atoms with Gasteiger partial charge in [-0.15, -0.1) is 0 Å². The van der Waals surface area contributed by atoms with Gasteiger partial charge in [0.05, 0.1) is 12.8 Å². The van der Waals surface area contributed by atoms with E-state index in [9.17, 15) is 4.79 Å². The SMILES string of the molecule is COc1nc2nc(-c3ccccc3)cc(=O)n2[nH]1. The summed E-state index contributed by atoms with van der Waals surface area (Å²) >= 11 is 0. The fourth-order valence-corrected chi connectivity index (χ4v) is 1.71. The Balaban J connectivity index is 2.24. The van der Waals surface area contributed by atoms with E-state index in [1.807, 2.05) is 30.3 Å². The van der Waals surface area contributed by atoms with Crippen molar-refractivity contribution in [1.29, 1.82) is 0 Å².